The van der Waals surface area contributed by atoms with E-state index in [1.165, 1.54) is 22.9 Å². The van der Waals surface area contributed by atoms with Crippen LogP contribution in [0.2, 0.25) is 0 Å². The first-order valence-electron chi connectivity index (χ1n) is 8.78. The summed E-state index contributed by atoms with van der Waals surface area (Å²) in [7, 11) is 1.68. The molecule has 0 radical (unpaired) electrons. The molecular weight excluding hydrogens is 344 g/mol. The lowest BCUT2D eigenvalue weighted by Gasteiger charge is -2.23. The van der Waals surface area contributed by atoms with Gasteiger partial charge in [0.15, 0.2) is 0 Å². The van der Waals surface area contributed by atoms with Crippen molar-refractivity contribution in [1.29, 1.82) is 0 Å². The fourth-order valence-corrected chi connectivity index (χ4v) is 3.99. The van der Waals surface area contributed by atoms with Gasteiger partial charge in [-0.3, -0.25) is 4.79 Å². The number of fused-ring (bicyclic) bond motifs is 1. The van der Waals surface area contributed by atoms with Crippen molar-refractivity contribution in [2.75, 3.05) is 12.9 Å². The van der Waals surface area contributed by atoms with Gasteiger partial charge >= 0.3 is 0 Å². The summed E-state index contributed by atoms with van der Waals surface area (Å²) in [6, 6.07) is 14.1. The Balaban J connectivity index is 1.66. The number of aryl methyl sites for hydroxylation is 1. The number of nitrogens with one attached hydrogen (secondary N) is 1. The molecule has 3 rings (SSSR count). The Bertz CT molecular complexity index is 833. The van der Waals surface area contributed by atoms with Gasteiger partial charge in [-0.25, -0.2) is 5.43 Å². The smallest absolute Gasteiger partial charge is 0.250 e. The van der Waals surface area contributed by atoms with E-state index in [0.29, 0.717) is 11.7 Å². The van der Waals surface area contributed by atoms with Crippen LogP contribution >= 0.6 is 11.8 Å². The molecule has 0 aliphatic heterocycles. The Hall–Kier alpha value is -2.27. The Morgan fingerprint density at radius 2 is 2.08 bits per heavy atom. The first-order chi connectivity index (χ1) is 12.6. The number of ether oxygens (including phenoxy) is 1. The number of benzene rings is 2. The monoisotopic (exact) mass is 368 g/mol. The molecule has 2 aromatic rings. The lowest BCUT2D eigenvalue weighted by Crippen LogP contribution is -2.25. The summed E-state index contributed by atoms with van der Waals surface area (Å²) in [5, 5.41) is 4.43. The first-order valence-corrected chi connectivity index (χ1v) is 9.76. The molecule has 1 atom stereocenters. The third-order valence-corrected chi connectivity index (χ3v) is 5.68. The topological polar surface area (TPSA) is 50.7 Å². The molecule has 0 saturated heterocycles. The van der Waals surface area contributed by atoms with Gasteiger partial charge in [0.1, 0.15) is 5.75 Å². The highest BCUT2D eigenvalue weighted by molar-refractivity contribution is 8.00. The summed E-state index contributed by atoms with van der Waals surface area (Å²) >= 11 is 1.54. The van der Waals surface area contributed by atoms with Crippen LogP contribution < -0.4 is 10.2 Å². The molecule has 0 saturated carbocycles. The minimum absolute atomic E-state index is 0.0842. The molecule has 0 spiro atoms. The maximum Gasteiger partial charge on any atom is 0.250 e. The van der Waals surface area contributed by atoms with E-state index in [1.807, 2.05) is 30.3 Å². The van der Waals surface area contributed by atoms with Gasteiger partial charge in [0.2, 0.25) is 5.91 Å². The summed E-state index contributed by atoms with van der Waals surface area (Å²) in [6.07, 6.45) is 1.87. The van der Waals surface area contributed by atoms with Crippen molar-refractivity contribution in [3.05, 3.63) is 59.2 Å². The van der Waals surface area contributed by atoms with Crippen molar-refractivity contribution in [2.45, 2.75) is 31.6 Å². The zero-order chi connectivity index (χ0) is 18.5. The summed E-state index contributed by atoms with van der Waals surface area (Å²) in [5.41, 5.74) is 7.18. The van der Waals surface area contributed by atoms with Crippen molar-refractivity contribution in [2.24, 2.45) is 11.0 Å². The van der Waals surface area contributed by atoms with Gasteiger partial charge in [-0.15, -0.1) is 11.8 Å². The molecule has 1 aliphatic rings. The maximum absolute atomic E-state index is 12.2. The predicted molar refractivity (Wildman–Crippen MR) is 107 cm³/mol. The van der Waals surface area contributed by atoms with Crippen molar-refractivity contribution in [3.63, 3.8) is 0 Å². The molecule has 1 amide bonds. The van der Waals surface area contributed by atoms with Gasteiger partial charge in [-0.05, 0) is 61.1 Å². The van der Waals surface area contributed by atoms with Crippen LogP contribution in [0, 0.1) is 12.8 Å². The fourth-order valence-electron chi connectivity index (χ4n) is 3.16. The number of nitrogens with zero attached hydrogens (tertiary/aromatic N) is 1. The number of rotatable bonds is 5. The average molecular weight is 369 g/mol. The fraction of sp³-hybridized carbons (Fsp3) is 0.333. The highest BCUT2D eigenvalue weighted by Gasteiger charge is 2.21. The second kappa shape index (κ2) is 8.41. The lowest BCUT2D eigenvalue weighted by atomic mass is 9.83. The quantitative estimate of drug-likeness (QED) is 0.636. The molecule has 136 valence electrons. The van der Waals surface area contributed by atoms with E-state index in [-0.39, 0.29) is 5.91 Å². The first kappa shape index (κ1) is 18.5. The van der Waals surface area contributed by atoms with Gasteiger partial charge in [-0.1, -0.05) is 25.1 Å². The van der Waals surface area contributed by atoms with E-state index in [0.717, 1.165) is 34.8 Å². The molecule has 0 aromatic heterocycles. The lowest BCUT2D eigenvalue weighted by molar-refractivity contribution is -0.118. The van der Waals surface area contributed by atoms with E-state index < -0.39 is 0 Å². The second-order valence-corrected chi connectivity index (χ2v) is 7.70. The van der Waals surface area contributed by atoms with Crippen molar-refractivity contribution in [3.8, 4) is 5.75 Å². The van der Waals surface area contributed by atoms with Gasteiger partial charge < -0.3 is 4.74 Å². The Labute approximate surface area is 159 Å². The van der Waals surface area contributed by atoms with E-state index in [1.54, 1.807) is 7.11 Å². The summed E-state index contributed by atoms with van der Waals surface area (Å²) < 4.78 is 5.32. The molecule has 26 heavy (non-hydrogen) atoms. The van der Waals surface area contributed by atoms with Crippen molar-refractivity contribution < 1.29 is 9.53 Å². The average Bonchev–Trinajstić information content (AvgIpc) is 2.64. The van der Waals surface area contributed by atoms with Crippen LogP contribution in [-0.4, -0.2) is 24.5 Å². The van der Waals surface area contributed by atoms with Crippen LogP contribution in [0.5, 0.6) is 5.75 Å². The number of hydrazone groups is 1. The minimum atomic E-state index is -0.0842. The Morgan fingerprint density at radius 3 is 2.85 bits per heavy atom. The van der Waals surface area contributed by atoms with E-state index >= 15 is 0 Å². The summed E-state index contributed by atoms with van der Waals surface area (Å²) in [6.45, 7) is 4.25. The number of carbonyl (C=O) groups excluding carboxylic acids is 1. The van der Waals surface area contributed by atoms with Crippen LogP contribution in [0.15, 0.2) is 52.5 Å². The molecule has 1 aliphatic carbocycles. The van der Waals surface area contributed by atoms with Crippen LogP contribution in [0.25, 0.3) is 0 Å². The zero-order valence-corrected chi connectivity index (χ0v) is 16.2. The van der Waals surface area contributed by atoms with E-state index in [2.05, 4.69) is 36.5 Å². The van der Waals surface area contributed by atoms with Crippen LogP contribution in [0.3, 0.4) is 0 Å². The maximum atomic E-state index is 12.2. The van der Waals surface area contributed by atoms with Crippen LogP contribution in [-0.2, 0) is 11.2 Å². The third-order valence-electron chi connectivity index (χ3n) is 4.50. The second-order valence-electron chi connectivity index (χ2n) is 6.68. The molecule has 0 unspecified atom stereocenters. The molecule has 1 N–H and O–H groups in total. The highest BCUT2D eigenvalue weighted by Crippen LogP contribution is 2.29. The predicted octanol–water partition coefficient (Wildman–Crippen LogP) is 4.20. The number of hydrogen-bond donors (Lipinski definition) is 1. The number of carbonyl (C=O) groups is 1. The van der Waals surface area contributed by atoms with E-state index in [4.69, 9.17) is 4.74 Å². The molecule has 4 nitrogen and oxygen atoms in total. The summed E-state index contributed by atoms with van der Waals surface area (Å²) in [5.74, 6) is 1.62. The molecular formula is C21H24N2O2S. The number of hydrogen-bond acceptors (Lipinski definition) is 4. The Morgan fingerprint density at radius 1 is 1.27 bits per heavy atom. The highest BCUT2D eigenvalue weighted by atomic mass is 32.2. The van der Waals surface area contributed by atoms with Gasteiger partial charge in [0.05, 0.1) is 18.6 Å². The van der Waals surface area contributed by atoms with Crippen LogP contribution in [0.1, 0.15) is 30.0 Å². The van der Waals surface area contributed by atoms with Gasteiger partial charge in [-0.2, -0.15) is 5.10 Å². The molecule has 5 heteroatoms. The molecule has 2 aromatic carbocycles. The number of thioether (sulfide) groups is 1. The van der Waals surface area contributed by atoms with Crippen LogP contribution in [0.4, 0.5) is 0 Å². The molecule has 0 heterocycles. The van der Waals surface area contributed by atoms with Gasteiger partial charge in [0.25, 0.3) is 0 Å². The zero-order valence-electron chi connectivity index (χ0n) is 15.4. The summed E-state index contributed by atoms with van der Waals surface area (Å²) in [4.78, 5) is 13.3. The SMILES string of the molecule is COc1ccc2c(c1)C[C@H](C)C/C2=N/NC(=O)CSc1ccccc1C. The van der Waals surface area contributed by atoms with Crippen molar-refractivity contribution in [1.82, 2.24) is 5.43 Å². The largest absolute Gasteiger partial charge is 0.497 e. The number of methoxy groups -OCH3 is 1. The minimum Gasteiger partial charge on any atom is -0.497 e. The molecule has 0 fully saturated rings. The molecule has 0 bridgehead atoms. The van der Waals surface area contributed by atoms with Crippen molar-refractivity contribution >= 4 is 23.4 Å². The van der Waals surface area contributed by atoms with Gasteiger partial charge in [0, 0.05) is 10.5 Å². The van der Waals surface area contributed by atoms with E-state index in [9.17, 15) is 4.79 Å². The number of amides is 1. The third kappa shape index (κ3) is 4.47. The normalized spacial score (nSPS) is 17.7. The Kier molecular flexibility index (Phi) is 5.99. The standard InChI is InChI=1S/C21H24N2O2S/c1-14-10-16-12-17(25-3)8-9-18(16)19(11-14)22-23-21(24)13-26-20-7-5-4-6-15(20)2/h4-9,12,14H,10-11,13H2,1-3H3,(H,23,24)/b22-19-/t14-/m0/s1.